The van der Waals surface area contributed by atoms with Crippen LogP contribution < -0.4 is 11.1 Å². The van der Waals surface area contributed by atoms with E-state index in [-0.39, 0.29) is 67.7 Å². The number of carbonyl (C=O) groups is 2. The Labute approximate surface area is 470 Å². The van der Waals surface area contributed by atoms with Crippen LogP contribution in [-0.2, 0) is 25.5 Å². The number of rotatable bonds is 13. The van der Waals surface area contributed by atoms with E-state index in [0.717, 1.165) is 55.5 Å². The Hall–Kier alpha value is -3.74. The summed E-state index contributed by atoms with van der Waals surface area (Å²) < 4.78 is 13.0. The summed E-state index contributed by atoms with van der Waals surface area (Å²) in [5.74, 6) is 3.68. The van der Waals surface area contributed by atoms with Crippen molar-refractivity contribution in [2.45, 2.75) is 198 Å². The molecule has 8 aliphatic carbocycles. The third-order valence-corrected chi connectivity index (χ3v) is 25.2. The first-order valence-corrected chi connectivity index (χ1v) is 30.6. The number of aliphatic carboxylic acids is 1. The molecule has 2 aromatic rings. The molecule has 18 heteroatoms. The molecule has 1 spiro atoms. The van der Waals surface area contributed by atoms with Crippen LogP contribution in [0.25, 0.3) is 0 Å². The van der Waals surface area contributed by atoms with Crippen molar-refractivity contribution in [2.24, 2.45) is 96.9 Å². The number of imidazole rings is 2. The Bertz CT molecular complexity index is 2710. The van der Waals surface area contributed by atoms with E-state index < -0.39 is 117 Å². The van der Waals surface area contributed by atoms with E-state index in [9.17, 15) is 45.6 Å². The maximum absolute atomic E-state index is 15.7. The fraction of sp³-hybridized carbons (Fsp3) is 0.806. The summed E-state index contributed by atoms with van der Waals surface area (Å²) in [6.45, 7) is 8.23. The predicted molar refractivity (Wildman–Crippen MR) is 292 cm³/mol. The van der Waals surface area contributed by atoms with Crippen molar-refractivity contribution >= 4 is 11.9 Å². The lowest BCUT2D eigenvalue weighted by Crippen LogP contribution is -2.76. The Morgan fingerprint density at radius 3 is 2.33 bits per heavy atom. The molecule has 4 heterocycles. The standard InChI is InChI=1S/C62H90N6O12/c1-56(29-69)19-20-60(55(77)78)24-36(22-37-26-64-31-66-37)59(4)39(42(60)25-56)21-33-12-13-34-11-8-17-61(34)40(47(68-54(61)76)38(14-15-46(63)72)43-27-65-32-67-43)23-41-48(73)52(80-53-50(75)49(74)44(71)28-79-53)57(2,30-70)45-16-18-58(59,3)51(33)62(41,45)35-9-6-5-7-10-35/h21,26-27,31-36,38,40-42,44-53,69-75H,5-11,14-20,22-25,28-30,63H2,1-4H3,(H,64,66)(H,65,67)(H,68,76)(H,77,78)/t33-,34-,36+,38+,40+,41-,42-,44+,45+,46-,47-,48+,49-,50+,51-,52+,53-,56-,57-,58+,59+,60-,61+,62-/m0/s1. The molecular formula is C62H90N6O12. The number of ether oxygens (including phenoxy) is 2. The summed E-state index contributed by atoms with van der Waals surface area (Å²) >= 11 is 0. The van der Waals surface area contributed by atoms with Crippen molar-refractivity contribution in [3.8, 4) is 11.8 Å². The lowest BCUT2D eigenvalue weighted by molar-refractivity contribution is -0.353. The quantitative estimate of drug-likeness (QED) is 0.0561. The van der Waals surface area contributed by atoms with Crippen molar-refractivity contribution in [1.82, 2.24) is 25.3 Å². The van der Waals surface area contributed by atoms with Crippen molar-refractivity contribution in [2.75, 3.05) is 19.8 Å². The number of amides is 1. The Balaban J connectivity index is 1.15. The number of nitrogens with zero attached hydrogens (tertiary/aromatic N) is 2. The number of carboxylic acid groups (broad SMARTS) is 1. The zero-order chi connectivity index (χ0) is 56.5. The van der Waals surface area contributed by atoms with Gasteiger partial charge in [0.1, 0.15) is 24.5 Å². The monoisotopic (exact) mass is 1110 g/mol. The van der Waals surface area contributed by atoms with E-state index in [1.165, 1.54) is 0 Å². The van der Waals surface area contributed by atoms with Crippen LogP contribution in [0, 0.1) is 103 Å². The number of aliphatic hydroxyl groups is 7. The molecule has 2 aliphatic heterocycles. The SMILES string of the molecule is C[C@]1(CO)CC[C@]2(C(=O)O)C[C@@H](Cc3cnc[nH]3)[C@]3(C)C(=C[C@@H]4C#C[C@@H]5CCC[C@@]56C(=O)N[C@@H]([C@H](CC[C@@H](N)O)c5cnc[nH]5)[C@H]6C[C@H]5[C@@H](O)[C@@H](O[C@@H]6OC[C@@H](O)[C@H](O)[C@H]6O)[C@@](C)(CO)[C@H]6CC[C@]3(C)[C@H]4[C@]65C3CCCCC3)[C@@H]2C1. The van der Waals surface area contributed by atoms with Gasteiger partial charge in [0.2, 0.25) is 5.91 Å². The highest BCUT2D eigenvalue weighted by Gasteiger charge is 2.79. The topological polar surface area (TPSA) is 310 Å². The average molecular weight is 1110 g/mol. The third kappa shape index (κ3) is 8.07. The van der Waals surface area contributed by atoms with Gasteiger partial charge in [0, 0.05) is 59.6 Å². The number of nitrogens with one attached hydrogen (secondary N) is 3. The number of carbonyl (C=O) groups excluding carboxylic acids is 1. The van der Waals surface area contributed by atoms with E-state index in [1.54, 1.807) is 18.9 Å². The molecule has 1 amide bonds. The van der Waals surface area contributed by atoms with Crippen molar-refractivity contribution in [3.05, 3.63) is 48.1 Å². The molecule has 0 radical (unpaired) electrons. The largest absolute Gasteiger partial charge is 0.481 e. The van der Waals surface area contributed by atoms with Gasteiger partial charge in [-0.25, -0.2) is 9.97 Å². The van der Waals surface area contributed by atoms with Gasteiger partial charge in [0.05, 0.1) is 48.9 Å². The fourth-order valence-electron chi connectivity index (χ4n) is 21.3. The van der Waals surface area contributed by atoms with Gasteiger partial charge in [-0.05, 0) is 153 Å². The number of hydrogen-bond donors (Lipinski definition) is 12. The summed E-state index contributed by atoms with van der Waals surface area (Å²) in [6.07, 6.45) is 11.2. The van der Waals surface area contributed by atoms with Gasteiger partial charge in [-0.2, -0.15) is 0 Å². The molecular weight excluding hydrogens is 1020 g/mol. The number of nitrogens with two attached hydrogens (primary N) is 1. The van der Waals surface area contributed by atoms with Crippen LogP contribution in [0.5, 0.6) is 0 Å². The second kappa shape index (κ2) is 20.5. The van der Waals surface area contributed by atoms with Crippen LogP contribution in [0.2, 0.25) is 0 Å². The zero-order valence-electron chi connectivity index (χ0n) is 47.3. The molecule has 12 rings (SSSR count). The van der Waals surface area contributed by atoms with Crippen molar-refractivity contribution in [3.63, 3.8) is 0 Å². The average Bonchev–Trinajstić information content (AvgIpc) is 4.27. The molecule has 0 aromatic carbocycles. The van der Waals surface area contributed by atoms with Crippen LogP contribution in [-0.4, -0.2) is 142 Å². The Kier molecular flexibility index (Phi) is 14.5. The molecule has 2 aromatic heterocycles. The first-order chi connectivity index (χ1) is 38.2. The van der Waals surface area contributed by atoms with Gasteiger partial charge >= 0.3 is 5.97 Å². The molecule has 2 saturated heterocycles. The molecule has 8 fully saturated rings. The van der Waals surface area contributed by atoms with E-state index in [1.807, 2.05) is 13.1 Å². The number of aliphatic hydroxyl groups excluding tert-OH is 7. The smallest absolute Gasteiger partial charge is 0.310 e. The number of carboxylic acids is 1. The molecule has 10 aliphatic rings. The van der Waals surface area contributed by atoms with Gasteiger partial charge in [-0.3, -0.25) is 9.59 Å². The molecule has 6 saturated carbocycles. The van der Waals surface area contributed by atoms with Crippen LogP contribution in [0.4, 0.5) is 0 Å². The maximum Gasteiger partial charge on any atom is 0.310 e. The van der Waals surface area contributed by atoms with Crippen LogP contribution in [0.1, 0.15) is 154 Å². The highest BCUT2D eigenvalue weighted by atomic mass is 16.7. The minimum atomic E-state index is -1.67. The molecule has 0 unspecified atom stereocenters. The number of H-pyrrole nitrogens is 2. The highest BCUT2D eigenvalue weighted by Crippen LogP contribution is 2.81. The van der Waals surface area contributed by atoms with Gasteiger partial charge in [0.15, 0.2) is 6.29 Å². The normalized spacial score (nSPS) is 48.6. The summed E-state index contributed by atoms with van der Waals surface area (Å²) in [5, 5.41) is 97.5. The third-order valence-electron chi connectivity index (χ3n) is 25.2. The second-order valence-electron chi connectivity index (χ2n) is 28.5. The Morgan fingerprint density at radius 2 is 1.64 bits per heavy atom. The number of allylic oxidation sites excluding steroid dienone is 2. The molecule has 440 valence electrons. The van der Waals surface area contributed by atoms with E-state index in [0.29, 0.717) is 70.6 Å². The van der Waals surface area contributed by atoms with E-state index in [4.69, 9.17) is 15.2 Å². The minimum Gasteiger partial charge on any atom is -0.481 e. The first-order valence-electron chi connectivity index (χ1n) is 30.6. The van der Waals surface area contributed by atoms with Crippen molar-refractivity contribution < 1.29 is 59.9 Å². The fourth-order valence-corrected chi connectivity index (χ4v) is 21.3. The number of aromatic amines is 2. The zero-order valence-corrected chi connectivity index (χ0v) is 47.3. The highest BCUT2D eigenvalue weighted by molar-refractivity contribution is 5.87. The number of hydrogen-bond acceptors (Lipinski definition) is 14. The van der Waals surface area contributed by atoms with Crippen LogP contribution in [0.3, 0.4) is 0 Å². The summed E-state index contributed by atoms with van der Waals surface area (Å²) in [4.78, 5) is 45.9. The number of aromatic nitrogens is 4. The molecule has 18 nitrogen and oxygen atoms in total. The van der Waals surface area contributed by atoms with Gasteiger partial charge < -0.3 is 71.3 Å². The summed E-state index contributed by atoms with van der Waals surface area (Å²) in [5.41, 5.74) is 3.04. The summed E-state index contributed by atoms with van der Waals surface area (Å²) in [6, 6.07) is -0.502. The predicted octanol–water partition coefficient (Wildman–Crippen LogP) is 4.69. The lowest BCUT2D eigenvalue weighted by atomic mass is 9.27. The lowest BCUT2D eigenvalue weighted by Gasteiger charge is -2.77. The second-order valence-corrected chi connectivity index (χ2v) is 28.5. The minimum absolute atomic E-state index is 0.00265. The van der Waals surface area contributed by atoms with Crippen molar-refractivity contribution in [1.29, 1.82) is 0 Å². The van der Waals surface area contributed by atoms with Crippen LogP contribution in [0.15, 0.2) is 36.7 Å². The summed E-state index contributed by atoms with van der Waals surface area (Å²) in [7, 11) is 0. The first kappa shape index (κ1) is 56.7. The molecule has 0 bridgehead atoms. The van der Waals surface area contributed by atoms with E-state index >= 15 is 4.79 Å². The molecule has 24 atom stereocenters. The number of fused-ring (bicyclic) bond motifs is 4. The molecule has 13 N–H and O–H groups in total. The van der Waals surface area contributed by atoms with Gasteiger partial charge in [-0.1, -0.05) is 76.9 Å². The van der Waals surface area contributed by atoms with Gasteiger partial charge in [-0.15, -0.1) is 0 Å². The molecule has 80 heavy (non-hydrogen) atoms. The van der Waals surface area contributed by atoms with Gasteiger partial charge in [0.25, 0.3) is 0 Å². The van der Waals surface area contributed by atoms with E-state index in [2.05, 4.69) is 63.9 Å². The maximum atomic E-state index is 15.7. The van der Waals surface area contributed by atoms with Crippen LogP contribution >= 0.6 is 0 Å². The Morgan fingerprint density at radius 1 is 0.875 bits per heavy atom.